The minimum absolute atomic E-state index is 0.0334. The molecule has 0 aromatic carbocycles. The fraction of sp³-hybridized carbons (Fsp3) is 0.920. The highest BCUT2D eigenvalue weighted by molar-refractivity contribution is 8.18. The summed E-state index contributed by atoms with van der Waals surface area (Å²) in [5.41, 5.74) is -0.576. The van der Waals surface area contributed by atoms with Crippen LogP contribution in [0.1, 0.15) is 91.4 Å². The molecule has 1 saturated carbocycles. The molecule has 0 radical (unpaired) electrons. The van der Waals surface area contributed by atoms with Crippen LogP contribution >= 0.6 is 23.5 Å². The molecule has 1 amide bonds. The number of amides is 1. The second-order valence-corrected chi connectivity index (χ2v) is 13.3. The van der Waals surface area contributed by atoms with Crippen molar-refractivity contribution in [3.8, 4) is 0 Å². The maximum atomic E-state index is 13.3. The Kier molecular flexibility index (Phi) is 11.2. The van der Waals surface area contributed by atoms with E-state index in [1.54, 1.807) is 23.5 Å². The average Bonchev–Trinajstić information content (AvgIpc) is 2.79. The van der Waals surface area contributed by atoms with Crippen LogP contribution in [0.15, 0.2) is 0 Å². The second-order valence-electron chi connectivity index (χ2n) is 10.6. The first-order valence-electron chi connectivity index (χ1n) is 12.8. The van der Waals surface area contributed by atoms with Crippen molar-refractivity contribution in [2.75, 3.05) is 18.1 Å². The summed E-state index contributed by atoms with van der Waals surface area (Å²) in [5, 5.41) is 3.11. The molecule has 6 nitrogen and oxygen atoms in total. The van der Waals surface area contributed by atoms with Crippen LogP contribution in [0.4, 0.5) is 4.79 Å². The zero-order valence-corrected chi connectivity index (χ0v) is 22.3. The van der Waals surface area contributed by atoms with E-state index in [9.17, 15) is 9.59 Å². The average molecular weight is 502 g/mol. The highest BCUT2D eigenvalue weighted by Gasteiger charge is 2.35. The van der Waals surface area contributed by atoms with Crippen molar-refractivity contribution in [1.29, 1.82) is 0 Å². The minimum atomic E-state index is -0.576. The molecule has 1 N–H and O–H groups in total. The number of hydrogen-bond donors (Lipinski definition) is 1. The van der Waals surface area contributed by atoms with Gasteiger partial charge in [0.1, 0.15) is 10.2 Å². The van der Waals surface area contributed by atoms with E-state index in [2.05, 4.69) is 5.32 Å². The van der Waals surface area contributed by atoms with Gasteiger partial charge in [0.15, 0.2) is 12.1 Å². The van der Waals surface area contributed by atoms with Gasteiger partial charge in [-0.1, -0.05) is 32.1 Å². The van der Waals surface area contributed by atoms with Crippen molar-refractivity contribution in [2.45, 2.75) is 120 Å². The summed E-state index contributed by atoms with van der Waals surface area (Å²) in [6, 6.07) is -0.268. The van der Waals surface area contributed by atoms with Gasteiger partial charge >= 0.3 is 6.09 Å². The summed E-state index contributed by atoms with van der Waals surface area (Å²) in [7, 11) is 0. The number of rotatable bonds is 9. The van der Waals surface area contributed by atoms with Gasteiger partial charge in [0.2, 0.25) is 0 Å². The lowest BCUT2D eigenvalue weighted by atomic mass is 9.83. The quantitative estimate of drug-likeness (QED) is 0.420. The van der Waals surface area contributed by atoms with E-state index in [0.717, 1.165) is 43.6 Å². The molecule has 190 valence electrons. The molecular weight excluding hydrogens is 458 g/mol. The summed E-state index contributed by atoms with van der Waals surface area (Å²) in [6.45, 7) is 6.29. The minimum Gasteiger partial charge on any atom is -0.444 e. The van der Waals surface area contributed by atoms with Crippen molar-refractivity contribution in [3.05, 3.63) is 0 Å². The predicted octanol–water partition coefficient (Wildman–Crippen LogP) is 5.92. The molecule has 0 aromatic rings. The zero-order chi connectivity index (χ0) is 23.7. The van der Waals surface area contributed by atoms with Gasteiger partial charge in [-0.2, -0.15) is 0 Å². The van der Waals surface area contributed by atoms with E-state index in [0.29, 0.717) is 18.9 Å². The van der Waals surface area contributed by atoms with Crippen molar-refractivity contribution >= 4 is 35.4 Å². The van der Waals surface area contributed by atoms with E-state index in [-0.39, 0.29) is 22.7 Å². The summed E-state index contributed by atoms with van der Waals surface area (Å²) < 4.78 is 17.9. The van der Waals surface area contributed by atoms with Crippen molar-refractivity contribution in [3.63, 3.8) is 0 Å². The number of ketones is 1. The molecule has 0 aromatic heterocycles. The monoisotopic (exact) mass is 501 g/mol. The van der Waals surface area contributed by atoms with Gasteiger partial charge in [-0.05, 0) is 70.3 Å². The van der Waals surface area contributed by atoms with Gasteiger partial charge in [-0.3, -0.25) is 4.79 Å². The Morgan fingerprint density at radius 1 is 1.00 bits per heavy atom. The van der Waals surface area contributed by atoms with E-state index >= 15 is 0 Å². The second kappa shape index (κ2) is 13.6. The Morgan fingerprint density at radius 3 is 2.33 bits per heavy atom. The molecule has 33 heavy (non-hydrogen) atoms. The highest BCUT2D eigenvalue weighted by Crippen LogP contribution is 2.34. The molecule has 3 fully saturated rings. The lowest BCUT2D eigenvalue weighted by molar-refractivity contribution is -0.195. The Balaban J connectivity index is 1.74. The Hall–Kier alpha value is -0.440. The third-order valence-corrected chi connectivity index (χ3v) is 9.42. The highest BCUT2D eigenvalue weighted by atomic mass is 32.2. The number of carbonyl (C=O) groups is 2. The number of thioether (sulfide) groups is 2. The molecule has 1 unspecified atom stereocenters. The topological polar surface area (TPSA) is 73.9 Å². The van der Waals surface area contributed by atoms with E-state index < -0.39 is 17.8 Å². The normalized spacial score (nSPS) is 25.2. The molecule has 8 heteroatoms. The molecule has 3 atom stereocenters. The Labute approximate surface area is 208 Å². The SMILES string of the molecule is CC(C)(C)OC(=O)N[C@@H](CC1CCCCC1)[C@H](CC(=O)C1SCCCS1)OC1CCCCO1. The van der Waals surface area contributed by atoms with Gasteiger partial charge < -0.3 is 19.5 Å². The Morgan fingerprint density at radius 2 is 1.70 bits per heavy atom. The lowest BCUT2D eigenvalue weighted by Crippen LogP contribution is -2.50. The van der Waals surface area contributed by atoms with Gasteiger partial charge in [-0.25, -0.2) is 4.79 Å². The number of carbonyl (C=O) groups excluding carboxylic acids is 2. The summed E-state index contributed by atoms with van der Waals surface area (Å²) in [4.78, 5) is 26.0. The molecule has 2 saturated heterocycles. The van der Waals surface area contributed by atoms with Gasteiger partial charge in [0.05, 0.1) is 12.1 Å². The van der Waals surface area contributed by atoms with Gasteiger partial charge in [0, 0.05) is 13.0 Å². The molecule has 3 aliphatic rings. The largest absolute Gasteiger partial charge is 0.444 e. The van der Waals surface area contributed by atoms with Crippen LogP contribution in [0.25, 0.3) is 0 Å². The summed E-state index contributed by atoms with van der Waals surface area (Å²) in [5.74, 6) is 2.81. The van der Waals surface area contributed by atoms with Crippen LogP contribution in [0.5, 0.6) is 0 Å². The van der Waals surface area contributed by atoms with Crippen LogP contribution in [0.2, 0.25) is 0 Å². The maximum absolute atomic E-state index is 13.3. The smallest absolute Gasteiger partial charge is 0.407 e. The lowest BCUT2D eigenvalue weighted by Gasteiger charge is -2.36. The molecule has 1 aliphatic carbocycles. The van der Waals surface area contributed by atoms with E-state index in [1.165, 1.54) is 32.1 Å². The third-order valence-electron chi connectivity index (χ3n) is 6.42. The van der Waals surface area contributed by atoms with Gasteiger partial charge in [0.25, 0.3) is 0 Å². The summed E-state index contributed by atoms with van der Waals surface area (Å²) >= 11 is 3.49. The van der Waals surface area contributed by atoms with Crippen LogP contribution in [0, 0.1) is 5.92 Å². The fourth-order valence-corrected chi connectivity index (χ4v) is 7.57. The molecule has 2 heterocycles. The fourth-order valence-electron chi connectivity index (χ4n) is 4.81. The number of ether oxygens (including phenoxy) is 3. The zero-order valence-electron chi connectivity index (χ0n) is 20.6. The van der Waals surface area contributed by atoms with Crippen molar-refractivity contribution < 1.29 is 23.8 Å². The number of hydrogen-bond acceptors (Lipinski definition) is 7. The molecule has 2 aliphatic heterocycles. The number of alkyl carbamates (subject to hydrolysis) is 1. The molecular formula is C25H43NO5S2. The van der Waals surface area contributed by atoms with Crippen LogP contribution in [-0.4, -0.2) is 58.6 Å². The number of nitrogens with one attached hydrogen (secondary N) is 1. The summed E-state index contributed by atoms with van der Waals surface area (Å²) in [6.07, 6.45) is 10.1. The standard InChI is InChI=1S/C25H43NO5S2/c1-25(2,3)31-24(28)26-19(16-18-10-5-4-6-11-18)21(30-22-12-7-8-13-29-22)17-20(27)23-32-14-9-15-33-23/h18-19,21-23H,4-17H2,1-3H3,(H,26,28)/t19-,21-,22?/m0/s1. The predicted molar refractivity (Wildman–Crippen MR) is 136 cm³/mol. The third kappa shape index (κ3) is 9.98. The first-order chi connectivity index (χ1) is 15.8. The van der Waals surface area contributed by atoms with Crippen molar-refractivity contribution in [1.82, 2.24) is 5.32 Å². The first-order valence-corrected chi connectivity index (χ1v) is 14.9. The molecule has 0 spiro atoms. The van der Waals surface area contributed by atoms with E-state index in [4.69, 9.17) is 14.2 Å². The van der Waals surface area contributed by atoms with Gasteiger partial charge in [-0.15, -0.1) is 23.5 Å². The molecule has 0 bridgehead atoms. The van der Waals surface area contributed by atoms with E-state index in [1.807, 2.05) is 20.8 Å². The van der Waals surface area contributed by atoms with Crippen LogP contribution < -0.4 is 5.32 Å². The van der Waals surface area contributed by atoms with Crippen LogP contribution in [-0.2, 0) is 19.0 Å². The Bertz CT molecular complexity index is 608. The maximum Gasteiger partial charge on any atom is 0.407 e. The first kappa shape index (κ1) is 27.2. The van der Waals surface area contributed by atoms with Crippen molar-refractivity contribution in [2.24, 2.45) is 5.92 Å². The van der Waals surface area contributed by atoms with Crippen LogP contribution in [0.3, 0.4) is 0 Å². The number of Topliss-reactive ketones (excluding diaryl/α,β-unsaturated/α-hetero) is 1. The molecule has 3 rings (SSSR count).